The van der Waals surface area contributed by atoms with E-state index >= 15 is 0 Å². The minimum Gasteiger partial charge on any atom is -0.345 e. The minimum atomic E-state index is -0.533. The third-order valence-corrected chi connectivity index (χ3v) is 3.56. The van der Waals surface area contributed by atoms with Crippen molar-refractivity contribution < 1.29 is 9.59 Å². The van der Waals surface area contributed by atoms with Gasteiger partial charge in [0.1, 0.15) is 11.6 Å². The summed E-state index contributed by atoms with van der Waals surface area (Å²) < 4.78 is 0. The van der Waals surface area contributed by atoms with Crippen LogP contribution in [0.4, 0.5) is 5.69 Å². The number of rotatable bonds is 4. The Morgan fingerprint density at radius 1 is 1.16 bits per heavy atom. The van der Waals surface area contributed by atoms with E-state index in [9.17, 15) is 14.9 Å². The van der Waals surface area contributed by atoms with Gasteiger partial charge in [-0.1, -0.05) is 23.7 Å². The van der Waals surface area contributed by atoms with E-state index in [-0.39, 0.29) is 11.5 Å². The van der Waals surface area contributed by atoms with Gasteiger partial charge in [0.25, 0.3) is 11.8 Å². The molecule has 25 heavy (non-hydrogen) atoms. The number of carbonyl (C=O) groups excluding carboxylic acids is 2. The average Bonchev–Trinajstić information content (AvgIpc) is 2.59. The number of anilines is 1. The number of amides is 2. The lowest BCUT2D eigenvalue weighted by atomic mass is 10.1. The van der Waals surface area contributed by atoms with Crippen LogP contribution in [-0.4, -0.2) is 30.8 Å². The van der Waals surface area contributed by atoms with Crippen molar-refractivity contribution >= 4 is 35.2 Å². The molecule has 126 valence electrons. The second-order valence-electron chi connectivity index (χ2n) is 5.46. The molecule has 6 heteroatoms. The van der Waals surface area contributed by atoms with E-state index in [2.05, 4.69) is 5.32 Å². The van der Waals surface area contributed by atoms with E-state index in [1.165, 1.54) is 11.0 Å². The Kier molecular flexibility index (Phi) is 5.93. The Hall–Kier alpha value is -3.10. The smallest absolute Gasteiger partial charge is 0.266 e. The maximum absolute atomic E-state index is 12.2. The molecule has 0 radical (unpaired) electrons. The number of benzene rings is 2. The van der Waals surface area contributed by atoms with Crippen LogP contribution in [0.15, 0.2) is 54.1 Å². The van der Waals surface area contributed by atoms with Crippen LogP contribution in [0.3, 0.4) is 0 Å². The first-order chi connectivity index (χ1) is 11.9. The Labute approximate surface area is 151 Å². The van der Waals surface area contributed by atoms with Gasteiger partial charge in [-0.3, -0.25) is 9.59 Å². The number of hydrogen-bond acceptors (Lipinski definition) is 3. The Balaban J connectivity index is 2.15. The van der Waals surface area contributed by atoms with Gasteiger partial charge in [0.2, 0.25) is 0 Å². The topological polar surface area (TPSA) is 73.2 Å². The largest absolute Gasteiger partial charge is 0.345 e. The van der Waals surface area contributed by atoms with Gasteiger partial charge in [0.05, 0.1) is 0 Å². The van der Waals surface area contributed by atoms with Crippen LogP contribution >= 0.6 is 11.6 Å². The monoisotopic (exact) mass is 353 g/mol. The molecule has 0 aliphatic rings. The van der Waals surface area contributed by atoms with Crippen LogP contribution in [0.5, 0.6) is 0 Å². The molecule has 0 aromatic heterocycles. The van der Waals surface area contributed by atoms with Crippen LogP contribution in [0.2, 0.25) is 5.02 Å². The summed E-state index contributed by atoms with van der Waals surface area (Å²) in [7, 11) is 3.33. The molecule has 0 aliphatic heterocycles. The van der Waals surface area contributed by atoms with Crippen LogP contribution in [0.1, 0.15) is 15.9 Å². The second-order valence-corrected chi connectivity index (χ2v) is 5.89. The molecule has 0 spiro atoms. The van der Waals surface area contributed by atoms with E-state index in [1.54, 1.807) is 62.6 Å². The molecule has 0 aliphatic carbocycles. The predicted octanol–water partition coefficient (Wildman–Crippen LogP) is 3.59. The summed E-state index contributed by atoms with van der Waals surface area (Å²) >= 11 is 5.90. The molecule has 2 aromatic rings. The molecule has 0 saturated heterocycles. The maximum Gasteiger partial charge on any atom is 0.266 e. The van der Waals surface area contributed by atoms with Crippen molar-refractivity contribution in [2.45, 2.75) is 0 Å². The van der Waals surface area contributed by atoms with Gasteiger partial charge in [-0.25, -0.2) is 0 Å². The van der Waals surface area contributed by atoms with Crippen molar-refractivity contribution in [3.05, 3.63) is 70.3 Å². The number of nitrogens with zero attached hydrogens (tertiary/aromatic N) is 2. The van der Waals surface area contributed by atoms with E-state index in [0.29, 0.717) is 21.8 Å². The second kappa shape index (κ2) is 8.13. The summed E-state index contributed by atoms with van der Waals surface area (Å²) in [5.74, 6) is -0.661. The Bertz CT molecular complexity index is 865. The third-order valence-electron chi connectivity index (χ3n) is 3.32. The van der Waals surface area contributed by atoms with Crippen LogP contribution in [-0.2, 0) is 4.79 Å². The summed E-state index contributed by atoms with van der Waals surface area (Å²) in [6.07, 6.45) is 1.46. The summed E-state index contributed by atoms with van der Waals surface area (Å²) in [6.45, 7) is 0. The maximum atomic E-state index is 12.2. The lowest BCUT2D eigenvalue weighted by molar-refractivity contribution is -0.112. The van der Waals surface area contributed by atoms with Gasteiger partial charge in [0, 0.05) is 30.4 Å². The zero-order valence-corrected chi connectivity index (χ0v) is 14.5. The first-order valence-electron chi connectivity index (χ1n) is 7.41. The van der Waals surface area contributed by atoms with Gasteiger partial charge in [-0.15, -0.1) is 0 Å². The van der Waals surface area contributed by atoms with Gasteiger partial charge in [-0.2, -0.15) is 5.26 Å². The number of nitrogens with one attached hydrogen (secondary N) is 1. The standard InChI is InChI=1S/C19H16ClN3O2/c1-23(2)19(25)14-6-8-17(9-7-14)22-18(24)15(12-21)10-13-4-3-5-16(20)11-13/h3-11H,1-2H3,(H,22,24)/b15-10+. The lowest BCUT2D eigenvalue weighted by Crippen LogP contribution is -2.21. The molecule has 2 rings (SSSR count). The van der Waals surface area contributed by atoms with Crippen molar-refractivity contribution in [2.75, 3.05) is 19.4 Å². The van der Waals surface area contributed by atoms with E-state index in [1.807, 2.05) is 6.07 Å². The highest BCUT2D eigenvalue weighted by molar-refractivity contribution is 6.30. The van der Waals surface area contributed by atoms with Gasteiger partial charge >= 0.3 is 0 Å². The molecule has 0 fully saturated rings. The van der Waals surface area contributed by atoms with Gasteiger partial charge in [-0.05, 0) is 48.0 Å². The van der Waals surface area contributed by atoms with Crippen molar-refractivity contribution in [2.24, 2.45) is 0 Å². The van der Waals surface area contributed by atoms with Crippen molar-refractivity contribution in [3.8, 4) is 6.07 Å². The molecule has 2 aromatic carbocycles. The zero-order valence-electron chi connectivity index (χ0n) is 13.8. The Morgan fingerprint density at radius 3 is 2.40 bits per heavy atom. The van der Waals surface area contributed by atoms with Crippen molar-refractivity contribution in [3.63, 3.8) is 0 Å². The highest BCUT2D eigenvalue weighted by Crippen LogP contribution is 2.16. The molecule has 1 N–H and O–H groups in total. The van der Waals surface area contributed by atoms with E-state index < -0.39 is 5.91 Å². The van der Waals surface area contributed by atoms with E-state index in [0.717, 1.165) is 0 Å². The molecule has 0 atom stereocenters. The van der Waals surface area contributed by atoms with Crippen molar-refractivity contribution in [1.82, 2.24) is 4.90 Å². The van der Waals surface area contributed by atoms with Crippen LogP contribution in [0, 0.1) is 11.3 Å². The zero-order chi connectivity index (χ0) is 18.4. The highest BCUT2D eigenvalue weighted by Gasteiger charge is 2.11. The molecule has 0 saturated carbocycles. The fourth-order valence-electron chi connectivity index (χ4n) is 2.06. The first-order valence-corrected chi connectivity index (χ1v) is 7.79. The van der Waals surface area contributed by atoms with E-state index in [4.69, 9.17) is 11.6 Å². The van der Waals surface area contributed by atoms with Gasteiger partial charge < -0.3 is 10.2 Å². The third kappa shape index (κ3) is 4.93. The number of nitriles is 1. The summed E-state index contributed by atoms with van der Waals surface area (Å²) in [5.41, 5.74) is 1.62. The molecule has 5 nitrogen and oxygen atoms in total. The SMILES string of the molecule is CN(C)C(=O)c1ccc(NC(=O)/C(C#N)=C/c2cccc(Cl)c2)cc1. The number of carbonyl (C=O) groups is 2. The predicted molar refractivity (Wildman–Crippen MR) is 98.1 cm³/mol. The molecule has 0 unspecified atom stereocenters. The summed E-state index contributed by atoms with van der Waals surface area (Å²) in [6, 6.07) is 15.2. The summed E-state index contributed by atoms with van der Waals surface area (Å²) in [5, 5.41) is 12.4. The first kappa shape index (κ1) is 18.2. The molecule has 2 amide bonds. The highest BCUT2D eigenvalue weighted by atomic mass is 35.5. The molecular formula is C19H16ClN3O2. The summed E-state index contributed by atoms with van der Waals surface area (Å²) in [4.78, 5) is 25.6. The van der Waals surface area contributed by atoms with Crippen LogP contribution < -0.4 is 5.32 Å². The fraction of sp³-hybridized carbons (Fsp3) is 0.105. The quantitative estimate of drug-likeness (QED) is 0.674. The normalized spacial score (nSPS) is 10.7. The Morgan fingerprint density at radius 2 is 1.84 bits per heavy atom. The molecule has 0 bridgehead atoms. The fourth-order valence-corrected chi connectivity index (χ4v) is 2.26. The van der Waals surface area contributed by atoms with Gasteiger partial charge in [0.15, 0.2) is 0 Å². The number of hydrogen-bond donors (Lipinski definition) is 1. The van der Waals surface area contributed by atoms with Crippen LogP contribution in [0.25, 0.3) is 6.08 Å². The molecule has 0 heterocycles. The molecular weight excluding hydrogens is 338 g/mol. The minimum absolute atomic E-state index is 0.0456. The number of halogens is 1. The average molecular weight is 354 g/mol. The lowest BCUT2D eigenvalue weighted by Gasteiger charge is -2.10. The van der Waals surface area contributed by atoms with Crippen molar-refractivity contribution in [1.29, 1.82) is 5.26 Å².